The molecule has 174 valence electrons. The number of morpholine rings is 1. The maximum atomic E-state index is 13.0. The molecule has 2 atom stereocenters. The molecule has 2 aliphatic heterocycles. The van der Waals surface area contributed by atoms with Gasteiger partial charge in [-0.05, 0) is 50.2 Å². The van der Waals surface area contributed by atoms with Gasteiger partial charge in [0.15, 0.2) is 0 Å². The van der Waals surface area contributed by atoms with E-state index in [-0.39, 0.29) is 23.0 Å². The third-order valence-electron chi connectivity index (χ3n) is 5.79. The van der Waals surface area contributed by atoms with E-state index in [4.69, 9.17) is 16.3 Å². The Morgan fingerprint density at radius 1 is 1.03 bits per heavy atom. The third-order valence-corrected chi connectivity index (χ3v) is 8.85. The molecule has 2 fully saturated rings. The first kappa shape index (κ1) is 23.7. The second-order valence-electron chi connectivity index (χ2n) is 8.38. The van der Waals surface area contributed by atoms with Gasteiger partial charge in [0.2, 0.25) is 10.0 Å². The Morgan fingerprint density at radius 3 is 2.22 bits per heavy atom. The molecule has 10 heteroatoms. The topological polar surface area (TPSA) is 70.2 Å². The Kier molecular flexibility index (Phi) is 7.24. The summed E-state index contributed by atoms with van der Waals surface area (Å²) in [5.41, 5.74) is 0.506. The molecule has 0 bridgehead atoms. The molecule has 2 saturated heterocycles. The second kappa shape index (κ2) is 9.79. The highest BCUT2D eigenvalue weighted by Gasteiger charge is 2.32. The van der Waals surface area contributed by atoms with Crippen LogP contribution >= 0.6 is 22.9 Å². The lowest BCUT2D eigenvalue weighted by Gasteiger charge is -2.35. The normalized spacial score (nSPS) is 23.4. The van der Waals surface area contributed by atoms with E-state index in [1.807, 2.05) is 30.9 Å². The van der Waals surface area contributed by atoms with Crippen LogP contribution in [0.4, 0.5) is 0 Å². The molecule has 0 unspecified atom stereocenters. The number of nitrogens with zero attached hydrogens (tertiary/aromatic N) is 3. The minimum absolute atomic E-state index is 0.0682. The second-order valence-corrected chi connectivity index (χ2v) is 12.1. The lowest BCUT2D eigenvalue weighted by molar-refractivity contribution is -0.0440. The van der Waals surface area contributed by atoms with Gasteiger partial charge >= 0.3 is 0 Å². The fraction of sp³-hybridized carbons (Fsp3) is 0.500. The van der Waals surface area contributed by atoms with Crippen LogP contribution in [0.3, 0.4) is 0 Å². The van der Waals surface area contributed by atoms with Crippen LogP contribution in [0.25, 0.3) is 0 Å². The number of rotatable bonds is 5. The van der Waals surface area contributed by atoms with Crippen LogP contribution in [-0.2, 0) is 21.3 Å². The van der Waals surface area contributed by atoms with E-state index in [0.717, 1.165) is 24.0 Å². The number of hydrogen-bond donors (Lipinski definition) is 0. The molecule has 0 N–H and O–H groups in total. The van der Waals surface area contributed by atoms with Crippen LogP contribution in [0.1, 0.15) is 29.1 Å². The molecule has 7 nitrogen and oxygen atoms in total. The predicted octanol–water partition coefficient (Wildman–Crippen LogP) is 3.16. The van der Waals surface area contributed by atoms with E-state index >= 15 is 0 Å². The van der Waals surface area contributed by atoms with Crippen molar-refractivity contribution in [2.45, 2.75) is 37.5 Å². The lowest BCUT2D eigenvalue weighted by Crippen LogP contribution is -2.48. The van der Waals surface area contributed by atoms with E-state index in [9.17, 15) is 13.2 Å². The average molecular weight is 498 g/mol. The first-order valence-corrected chi connectivity index (χ1v) is 13.4. The number of halogens is 1. The summed E-state index contributed by atoms with van der Waals surface area (Å²) in [7, 11) is -3.62. The molecule has 4 rings (SSSR count). The zero-order valence-electron chi connectivity index (χ0n) is 18.2. The minimum Gasteiger partial charge on any atom is -0.373 e. The number of ether oxygens (including phenoxy) is 1. The van der Waals surface area contributed by atoms with Crippen LogP contribution in [-0.4, -0.2) is 79.9 Å². The van der Waals surface area contributed by atoms with Gasteiger partial charge in [-0.3, -0.25) is 9.69 Å². The number of sulfonamides is 1. The number of amides is 1. The third kappa shape index (κ3) is 5.35. The minimum atomic E-state index is -3.62. The smallest absolute Gasteiger partial charge is 0.253 e. The lowest BCUT2D eigenvalue weighted by atomic mass is 10.2. The van der Waals surface area contributed by atoms with Crippen molar-refractivity contribution in [1.29, 1.82) is 0 Å². The average Bonchev–Trinajstić information content (AvgIpc) is 3.17. The maximum absolute atomic E-state index is 13.0. The molecule has 1 aromatic heterocycles. The Hall–Kier alpha value is -1.49. The van der Waals surface area contributed by atoms with Gasteiger partial charge in [-0.1, -0.05) is 11.6 Å². The monoisotopic (exact) mass is 497 g/mol. The summed E-state index contributed by atoms with van der Waals surface area (Å²) < 4.78 is 33.9. The molecule has 0 aliphatic carbocycles. The van der Waals surface area contributed by atoms with Crippen LogP contribution < -0.4 is 0 Å². The first-order chi connectivity index (χ1) is 15.2. The zero-order chi connectivity index (χ0) is 22.9. The first-order valence-electron chi connectivity index (χ1n) is 10.7. The van der Waals surface area contributed by atoms with Gasteiger partial charge in [0.05, 0.1) is 21.4 Å². The van der Waals surface area contributed by atoms with E-state index in [1.54, 1.807) is 23.5 Å². The van der Waals surface area contributed by atoms with Crippen molar-refractivity contribution in [3.63, 3.8) is 0 Å². The molecule has 3 heterocycles. The Labute approximate surface area is 198 Å². The maximum Gasteiger partial charge on any atom is 0.253 e. The van der Waals surface area contributed by atoms with Gasteiger partial charge < -0.3 is 9.64 Å². The summed E-state index contributed by atoms with van der Waals surface area (Å²) >= 11 is 7.59. The summed E-state index contributed by atoms with van der Waals surface area (Å²) in [6.07, 6.45) is -0.297. The summed E-state index contributed by atoms with van der Waals surface area (Å²) in [6, 6.07) is 10.2. The fourth-order valence-corrected chi connectivity index (χ4v) is 6.91. The molecule has 1 amide bonds. The van der Waals surface area contributed by atoms with Gasteiger partial charge in [-0.2, -0.15) is 4.31 Å². The molecule has 0 saturated carbocycles. The van der Waals surface area contributed by atoms with Crippen molar-refractivity contribution in [3.8, 4) is 0 Å². The molecular weight excluding hydrogens is 470 g/mol. The molecule has 2 aromatic rings. The number of hydrogen-bond acceptors (Lipinski definition) is 6. The Morgan fingerprint density at radius 2 is 1.66 bits per heavy atom. The van der Waals surface area contributed by atoms with E-state index < -0.39 is 10.0 Å². The highest BCUT2D eigenvalue weighted by atomic mass is 35.5. The van der Waals surface area contributed by atoms with Crippen LogP contribution in [0, 0.1) is 0 Å². The molecule has 1 aromatic carbocycles. The van der Waals surface area contributed by atoms with E-state index in [1.165, 1.54) is 21.3 Å². The van der Waals surface area contributed by atoms with Crippen LogP contribution in [0.5, 0.6) is 0 Å². The van der Waals surface area contributed by atoms with Crippen molar-refractivity contribution in [2.75, 3.05) is 39.3 Å². The molecule has 0 radical (unpaired) electrons. The van der Waals surface area contributed by atoms with Gasteiger partial charge in [-0.25, -0.2) is 8.42 Å². The Bertz CT molecular complexity index is 1040. The largest absolute Gasteiger partial charge is 0.373 e. The molecular formula is C22H28ClN3O4S2. The number of benzene rings is 1. The zero-order valence-corrected chi connectivity index (χ0v) is 20.6. The van der Waals surface area contributed by atoms with Crippen molar-refractivity contribution >= 4 is 38.9 Å². The number of carbonyl (C=O) groups is 1. The van der Waals surface area contributed by atoms with Crippen molar-refractivity contribution in [3.05, 3.63) is 51.2 Å². The van der Waals surface area contributed by atoms with E-state index in [0.29, 0.717) is 31.7 Å². The van der Waals surface area contributed by atoms with Crippen LogP contribution in [0.15, 0.2) is 41.3 Å². The highest BCUT2D eigenvalue weighted by Crippen LogP contribution is 2.24. The van der Waals surface area contributed by atoms with Crippen LogP contribution in [0.2, 0.25) is 4.34 Å². The standard InChI is InChI=1S/C22H28ClN3O4S2/c1-16-13-26(14-17(2)30-16)32(28,29)20-6-3-18(4-7-20)22(27)25-11-9-24(10-12-25)15-19-5-8-21(23)31-19/h3-8,16-17H,9-15H2,1-2H3/t16-,17-/m1/s1. The Balaban J connectivity index is 1.36. The number of thiophene rings is 1. The molecule has 0 spiro atoms. The summed E-state index contributed by atoms with van der Waals surface area (Å²) in [5, 5.41) is 0. The number of piperazine rings is 1. The SMILES string of the molecule is C[C@@H]1CN(S(=O)(=O)c2ccc(C(=O)N3CCN(Cc4ccc(Cl)s4)CC3)cc2)C[C@@H](C)O1. The van der Waals surface area contributed by atoms with Gasteiger partial charge in [0.25, 0.3) is 5.91 Å². The van der Waals surface area contributed by atoms with Gasteiger partial charge in [0, 0.05) is 56.3 Å². The fourth-order valence-electron chi connectivity index (χ4n) is 4.19. The van der Waals surface area contributed by atoms with Crippen molar-refractivity contribution < 1.29 is 17.9 Å². The molecule has 2 aliphatic rings. The van der Waals surface area contributed by atoms with E-state index in [2.05, 4.69) is 4.90 Å². The summed E-state index contributed by atoms with van der Waals surface area (Å²) in [5.74, 6) is -0.0682. The van der Waals surface area contributed by atoms with Gasteiger partial charge in [-0.15, -0.1) is 11.3 Å². The molecule has 32 heavy (non-hydrogen) atoms. The summed E-state index contributed by atoms with van der Waals surface area (Å²) in [4.78, 5) is 18.5. The predicted molar refractivity (Wildman–Crippen MR) is 126 cm³/mol. The quantitative estimate of drug-likeness (QED) is 0.634. The van der Waals surface area contributed by atoms with Gasteiger partial charge in [0.1, 0.15) is 0 Å². The van der Waals surface area contributed by atoms with Crippen molar-refractivity contribution in [2.24, 2.45) is 0 Å². The summed E-state index contributed by atoms with van der Waals surface area (Å²) in [6.45, 7) is 8.10. The number of carbonyl (C=O) groups excluding carboxylic acids is 1. The highest BCUT2D eigenvalue weighted by molar-refractivity contribution is 7.89. The van der Waals surface area contributed by atoms with Crippen molar-refractivity contribution in [1.82, 2.24) is 14.1 Å².